The van der Waals surface area contributed by atoms with Crippen LogP contribution in [0.25, 0.3) is 0 Å². The molecule has 4 heteroatoms. The molecule has 0 aliphatic heterocycles. The first-order valence-electron chi connectivity index (χ1n) is 6.59. The van der Waals surface area contributed by atoms with Crippen LogP contribution < -0.4 is 11.6 Å². The van der Waals surface area contributed by atoms with Gasteiger partial charge in [0.1, 0.15) is 0 Å². The summed E-state index contributed by atoms with van der Waals surface area (Å²) in [6, 6.07) is 0. The van der Waals surface area contributed by atoms with Crippen molar-refractivity contribution < 1.29 is 5.11 Å². The maximum atomic E-state index is 9.38. The lowest BCUT2D eigenvalue weighted by atomic mass is 9.98. The van der Waals surface area contributed by atoms with E-state index in [1.165, 1.54) is 19.3 Å². The maximum absolute atomic E-state index is 9.38. The third kappa shape index (κ3) is 2.58. The molecule has 2 aliphatic rings. The molecule has 2 unspecified atom stereocenters. The minimum atomic E-state index is -0.442. The molecule has 0 spiro atoms. The fourth-order valence-electron chi connectivity index (χ4n) is 2.70. The highest BCUT2D eigenvalue weighted by Crippen LogP contribution is 2.47. The van der Waals surface area contributed by atoms with Crippen LogP contribution in [0.2, 0.25) is 0 Å². The van der Waals surface area contributed by atoms with E-state index in [1.54, 1.807) is 5.01 Å². The van der Waals surface area contributed by atoms with Crippen molar-refractivity contribution in [2.24, 2.45) is 23.4 Å². The topological polar surface area (TPSA) is 75.5 Å². The summed E-state index contributed by atoms with van der Waals surface area (Å²) in [5.74, 6) is 7.94. The van der Waals surface area contributed by atoms with Crippen LogP contribution in [0.5, 0.6) is 0 Å². The standard InChI is InChI=1S/C13H25N3O/c1-13(2,8-17)16(15)12-6-4-10-7-9(10)3-5-11(12)14/h9-10,17H,3-8,14-15H2,1-2H3/b12-11-. The Kier molecular flexibility index (Phi) is 3.36. The quantitative estimate of drug-likeness (QED) is 0.513. The van der Waals surface area contributed by atoms with E-state index in [0.717, 1.165) is 36.1 Å². The SMILES string of the molecule is CC(C)(CO)N(N)/C1=C(\N)CCC2CC2CC1. The minimum Gasteiger partial charge on any atom is -0.401 e. The predicted molar refractivity (Wildman–Crippen MR) is 68.5 cm³/mol. The molecule has 0 bridgehead atoms. The molecule has 0 aromatic carbocycles. The Balaban J connectivity index is 2.13. The second kappa shape index (κ2) is 4.50. The molecule has 4 nitrogen and oxygen atoms in total. The van der Waals surface area contributed by atoms with Crippen molar-refractivity contribution in [3.05, 3.63) is 11.4 Å². The Hall–Kier alpha value is -0.740. The molecular weight excluding hydrogens is 214 g/mol. The number of nitrogens with zero attached hydrogens (tertiary/aromatic N) is 1. The molecule has 0 heterocycles. The highest BCUT2D eigenvalue weighted by Gasteiger charge is 2.38. The molecule has 0 radical (unpaired) electrons. The van der Waals surface area contributed by atoms with Gasteiger partial charge in [0, 0.05) is 11.4 Å². The van der Waals surface area contributed by atoms with Crippen LogP contribution in [0.15, 0.2) is 11.4 Å². The van der Waals surface area contributed by atoms with Crippen LogP contribution in [0.1, 0.15) is 46.0 Å². The van der Waals surface area contributed by atoms with Crippen LogP contribution in [0.3, 0.4) is 0 Å². The van der Waals surface area contributed by atoms with Crippen LogP contribution in [0.4, 0.5) is 0 Å². The number of aliphatic hydroxyl groups is 1. The monoisotopic (exact) mass is 239 g/mol. The van der Waals surface area contributed by atoms with Crippen LogP contribution in [-0.4, -0.2) is 22.3 Å². The highest BCUT2D eigenvalue weighted by atomic mass is 16.3. The van der Waals surface area contributed by atoms with E-state index in [4.69, 9.17) is 11.6 Å². The summed E-state index contributed by atoms with van der Waals surface area (Å²) in [5.41, 5.74) is 7.67. The zero-order valence-electron chi connectivity index (χ0n) is 10.9. The van der Waals surface area contributed by atoms with Crippen LogP contribution in [0, 0.1) is 11.8 Å². The zero-order chi connectivity index (χ0) is 12.6. The van der Waals surface area contributed by atoms with Gasteiger partial charge in [0.25, 0.3) is 0 Å². The summed E-state index contributed by atoms with van der Waals surface area (Å²) in [6.45, 7) is 3.91. The maximum Gasteiger partial charge on any atom is 0.0732 e. The molecule has 5 N–H and O–H groups in total. The van der Waals surface area contributed by atoms with E-state index >= 15 is 0 Å². The summed E-state index contributed by atoms with van der Waals surface area (Å²) in [6.07, 6.45) is 5.66. The Bertz CT molecular complexity index is 325. The Morgan fingerprint density at radius 1 is 1.29 bits per heavy atom. The average molecular weight is 239 g/mol. The number of aliphatic hydroxyl groups excluding tert-OH is 1. The zero-order valence-corrected chi connectivity index (χ0v) is 10.9. The molecule has 2 atom stereocenters. The normalized spacial score (nSPS) is 33.6. The predicted octanol–water partition coefficient (Wildman–Crippen LogP) is 1.31. The van der Waals surface area contributed by atoms with Gasteiger partial charge in [-0.2, -0.15) is 0 Å². The molecule has 0 saturated heterocycles. The molecule has 17 heavy (non-hydrogen) atoms. The van der Waals surface area contributed by atoms with Crippen molar-refractivity contribution in [3.63, 3.8) is 0 Å². The lowest BCUT2D eigenvalue weighted by Gasteiger charge is -2.38. The number of hydrogen-bond donors (Lipinski definition) is 3. The number of rotatable bonds is 3. The molecule has 1 saturated carbocycles. The van der Waals surface area contributed by atoms with Crippen molar-refractivity contribution in [3.8, 4) is 0 Å². The van der Waals surface area contributed by atoms with Gasteiger partial charge >= 0.3 is 0 Å². The molecule has 0 aromatic rings. The Labute approximate surface area is 104 Å². The third-order valence-corrected chi connectivity index (χ3v) is 4.31. The van der Waals surface area contributed by atoms with Gasteiger partial charge in [-0.05, 0) is 57.8 Å². The second-order valence-corrected chi connectivity index (χ2v) is 6.15. The van der Waals surface area contributed by atoms with E-state index in [2.05, 4.69) is 0 Å². The largest absolute Gasteiger partial charge is 0.401 e. The van der Waals surface area contributed by atoms with E-state index < -0.39 is 5.54 Å². The summed E-state index contributed by atoms with van der Waals surface area (Å²) < 4.78 is 0. The van der Waals surface area contributed by atoms with Crippen molar-refractivity contribution in [2.75, 3.05) is 6.61 Å². The van der Waals surface area contributed by atoms with E-state index in [1.807, 2.05) is 13.8 Å². The molecule has 0 amide bonds. The third-order valence-electron chi connectivity index (χ3n) is 4.31. The molecule has 0 aromatic heterocycles. The first-order chi connectivity index (χ1) is 7.95. The van der Waals surface area contributed by atoms with Gasteiger partial charge in [0.2, 0.25) is 0 Å². The Morgan fingerprint density at radius 2 is 1.88 bits per heavy atom. The molecule has 2 rings (SSSR count). The number of fused-ring (bicyclic) bond motifs is 1. The fraction of sp³-hybridized carbons (Fsp3) is 0.846. The van der Waals surface area contributed by atoms with Gasteiger partial charge in [-0.25, -0.2) is 5.84 Å². The summed E-state index contributed by atoms with van der Waals surface area (Å²) in [4.78, 5) is 0. The number of nitrogens with two attached hydrogens (primary N) is 2. The van der Waals surface area contributed by atoms with Crippen molar-refractivity contribution >= 4 is 0 Å². The van der Waals surface area contributed by atoms with Gasteiger partial charge < -0.3 is 15.8 Å². The van der Waals surface area contributed by atoms with Gasteiger partial charge in [0.15, 0.2) is 0 Å². The van der Waals surface area contributed by atoms with E-state index in [-0.39, 0.29) is 6.61 Å². The number of hydrogen-bond acceptors (Lipinski definition) is 4. The van der Waals surface area contributed by atoms with Gasteiger partial charge in [0.05, 0.1) is 12.1 Å². The van der Waals surface area contributed by atoms with Gasteiger partial charge in [-0.3, -0.25) is 0 Å². The molecule has 1 fully saturated rings. The van der Waals surface area contributed by atoms with Crippen molar-refractivity contribution in [2.45, 2.75) is 51.5 Å². The smallest absolute Gasteiger partial charge is 0.0732 e. The van der Waals surface area contributed by atoms with Gasteiger partial charge in [-0.1, -0.05) is 0 Å². The first kappa shape index (κ1) is 12.7. The lowest BCUT2D eigenvalue weighted by molar-refractivity contribution is 0.0801. The average Bonchev–Trinajstić information content (AvgIpc) is 3.02. The summed E-state index contributed by atoms with van der Waals surface area (Å²) in [7, 11) is 0. The second-order valence-electron chi connectivity index (χ2n) is 6.15. The Morgan fingerprint density at radius 3 is 2.47 bits per heavy atom. The van der Waals surface area contributed by atoms with Crippen LogP contribution in [-0.2, 0) is 0 Å². The minimum absolute atomic E-state index is 0.0341. The number of hydrazine groups is 1. The molecule has 2 aliphatic carbocycles. The number of allylic oxidation sites excluding steroid dienone is 2. The van der Waals surface area contributed by atoms with Crippen molar-refractivity contribution in [1.29, 1.82) is 0 Å². The van der Waals surface area contributed by atoms with Gasteiger partial charge in [-0.15, -0.1) is 0 Å². The molecule has 98 valence electrons. The molecular formula is C13H25N3O. The van der Waals surface area contributed by atoms with E-state index in [9.17, 15) is 5.11 Å². The summed E-state index contributed by atoms with van der Waals surface area (Å²) in [5, 5.41) is 11.1. The highest BCUT2D eigenvalue weighted by molar-refractivity contribution is 5.14. The summed E-state index contributed by atoms with van der Waals surface area (Å²) >= 11 is 0. The van der Waals surface area contributed by atoms with Crippen LogP contribution >= 0.6 is 0 Å². The first-order valence-corrected chi connectivity index (χ1v) is 6.59. The van der Waals surface area contributed by atoms with Crippen molar-refractivity contribution in [1.82, 2.24) is 5.01 Å². The lowest BCUT2D eigenvalue weighted by Crippen LogP contribution is -2.51. The van der Waals surface area contributed by atoms with E-state index in [0.29, 0.717) is 0 Å². The fourth-order valence-corrected chi connectivity index (χ4v) is 2.70.